The largest absolute Gasteiger partial charge is 0.307 e. The molecular formula is C25H18BrClN2O3S2. The third-order valence-electron chi connectivity index (χ3n) is 8.04. The zero-order valence-corrected chi connectivity index (χ0v) is 21.6. The summed E-state index contributed by atoms with van der Waals surface area (Å²) in [4.78, 5) is 45.1. The van der Waals surface area contributed by atoms with Gasteiger partial charge < -0.3 is 4.98 Å². The van der Waals surface area contributed by atoms with E-state index < -0.39 is 0 Å². The maximum atomic E-state index is 13.7. The Hall–Kier alpha value is -1.87. The molecule has 5 nitrogen and oxygen atoms in total. The number of aromatic amines is 1. The number of rotatable bonds is 2. The molecule has 0 radical (unpaired) electrons. The van der Waals surface area contributed by atoms with E-state index in [9.17, 15) is 14.4 Å². The molecule has 1 N–H and O–H groups in total. The maximum absolute atomic E-state index is 13.7. The summed E-state index contributed by atoms with van der Waals surface area (Å²) in [7, 11) is 0. The number of fused-ring (bicyclic) bond motifs is 9. The van der Waals surface area contributed by atoms with E-state index >= 15 is 0 Å². The number of aromatic nitrogens is 1. The van der Waals surface area contributed by atoms with Gasteiger partial charge in [-0.25, -0.2) is 0 Å². The quantitative estimate of drug-likeness (QED) is 0.409. The van der Waals surface area contributed by atoms with E-state index in [0.717, 1.165) is 26.4 Å². The minimum atomic E-state index is -0.301. The molecule has 4 aliphatic rings. The molecule has 1 saturated heterocycles. The predicted octanol–water partition coefficient (Wildman–Crippen LogP) is 5.53. The van der Waals surface area contributed by atoms with Crippen LogP contribution in [0.15, 0.2) is 62.8 Å². The van der Waals surface area contributed by atoms with Crippen molar-refractivity contribution in [1.82, 2.24) is 4.98 Å². The van der Waals surface area contributed by atoms with E-state index in [1.54, 1.807) is 36.0 Å². The molecule has 34 heavy (non-hydrogen) atoms. The van der Waals surface area contributed by atoms with E-state index in [1.165, 1.54) is 16.2 Å². The smallest absolute Gasteiger partial charge is 0.305 e. The highest BCUT2D eigenvalue weighted by atomic mass is 79.9. The van der Waals surface area contributed by atoms with E-state index in [1.807, 2.05) is 12.1 Å². The Kier molecular flexibility index (Phi) is 4.76. The molecule has 172 valence electrons. The molecule has 9 heteroatoms. The summed E-state index contributed by atoms with van der Waals surface area (Å²) in [6.07, 6.45) is 0.885. The Morgan fingerprint density at radius 1 is 0.941 bits per heavy atom. The lowest BCUT2D eigenvalue weighted by Gasteiger charge is -2.43. The standard InChI is InChI=1S/C25H18BrClN2O3S2/c26-11-3-1-10(2-4-11)16-17-14-9-15(20(17)33-22-21(16)34-25(32)28-22)19-18(14)23(30)29(24(19)31)13-7-5-12(27)6-8-13/h1-8,14-20H,9H2,(H,28,32). The second-order valence-corrected chi connectivity index (χ2v) is 13.1. The van der Waals surface area contributed by atoms with Crippen molar-refractivity contribution >= 4 is 68.1 Å². The summed E-state index contributed by atoms with van der Waals surface area (Å²) in [6.45, 7) is 0. The number of hydrogen-bond acceptors (Lipinski definition) is 5. The normalized spacial score (nSPS) is 33.2. The molecule has 7 atom stereocenters. The Morgan fingerprint density at radius 2 is 1.62 bits per heavy atom. The van der Waals surface area contributed by atoms with Crippen LogP contribution in [-0.2, 0) is 9.59 Å². The van der Waals surface area contributed by atoms with Gasteiger partial charge in [-0.2, -0.15) is 0 Å². The van der Waals surface area contributed by atoms with Gasteiger partial charge in [0.15, 0.2) is 0 Å². The fourth-order valence-corrected chi connectivity index (χ4v) is 10.2. The van der Waals surface area contributed by atoms with Crippen LogP contribution in [-0.4, -0.2) is 22.0 Å². The highest BCUT2D eigenvalue weighted by Crippen LogP contribution is 2.68. The summed E-state index contributed by atoms with van der Waals surface area (Å²) in [5, 5.41) is 1.70. The topological polar surface area (TPSA) is 70.2 Å². The van der Waals surface area contributed by atoms with Crippen LogP contribution in [0.5, 0.6) is 0 Å². The molecule has 3 aromatic rings. The van der Waals surface area contributed by atoms with Crippen molar-refractivity contribution in [2.45, 2.75) is 22.6 Å². The number of nitrogens with zero attached hydrogens (tertiary/aromatic N) is 1. The number of thioether (sulfide) groups is 1. The van der Waals surface area contributed by atoms with Crippen molar-refractivity contribution < 1.29 is 9.59 Å². The molecule has 2 saturated carbocycles. The van der Waals surface area contributed by atoms with Crippen LogP contribution in [0.2, 0.25) is 5.02 Å². The maximum Gasteiger partial charge on any atom is 0.305 e. The number of benzene rings is 2. The van der Waals surface area contributed by atoms with E-state index in [0.29, 0.717) is 10.7 Å². The van der Waals surface area contributed by atoms with Crippen molar-refractivity contribution in [2.24, 2.45) is 29.6 Å². The van der Waals surface area contributed by atoms with Gasteiger partial charge in [-0.05, 0) is 66.1 Å². The highest BCUT2D eigenvalue weighted by Gasteiger charge is 2.69. The minimum Gasteiger partial charge on any atom is -0.307 e. The number of thiazole rings is 1. The molecule has 2 aromatic carbocycles. The third kappa shape index (κ3) is 2.89. The summed E-state index contributed by atoms with van der Waals surface area (Å²) in [5.41, 5.74) is 1.75. The fraction of sp³-hybridized carbons (Fsp3) is 0.320. The molecule has 2 bridgehead atoms. The monoisotopic (exact) mass is 572 g/mol. The van der Waals surface area contributed by atoms with Gasteiger partial charge in [0.05, 0.1) is 22.5 Å². The van der Waals surface area contributed by atoms with Gasteiger partial charge in [0.25, 0.3) is 0 Å². The van der Waals surface area contributed by atoms with Gasteiger partial charge in [-0.1, -0.05) is 51.0 Å². The average molecular weight is 574 g/mol. The van der Waals surface area contributed by atoms with Crippen LogP contribution in [0, 0.1) is 29.6 Å². The lowest BCUT2D eigenvalue weighted by molar-refractivity contribution is -0.123. The third-order valence-corrected chi connectivity index (χ3v) is 11.4. The zero-order chi connectivity index (χ0) is 23.3. The van der Waals surface area contributed by atoms with Crippen LogP contribution in [0.4, 0.5) is 5.69 Å². The van der Waals surface area contributed by atoms with Crippen LogP contribution in [0.25, 0.3) is 0 Å². The second kappa shape index (κ2) is 7.56. The van der Waals surface area contributed by atoms with E-state index in [4.69, 9.17) is 11.6 Å². The molecule has 7 unspecified atom stereocenters. The molecule has 2 aliphatic heterocycles. The Balaban J connectivity index is 1.32. The minimum absolute atomic E-state index is 0.0433. The Morgan fingerprint density at radius 3 is 2.32 bits per heavy atom. The van der Waals surface area contributed by atoms with Crippen molar-refractivity contribution in [3.05, 3.63) is 78.1 Å². The van der Waals surface area contributed by atoms with Crippen LogP contribution in [0.1, 0.15) is 22.8 Å². The number of carbonyl (C=O) groups excluding carboxylic acids is 2. The SMILES string of the molecule is O=C1C2C3CC(C2C(=O)N1c1ccc(Cl)cc1)C1C(c2ccc(Br)cc2)c2sc(=O)[nH]c2SC31. The summed E-state index contributed by atoms with van der Waals surface area (Å²) in [5.74, 6) is -0.289. The number of nitrogens with one attached hydrogen (secondary N) is 1. The lowest BCUT2D eigenvalue weighted by Crippen LogP contribution is -2.42. The first-order chi connectivity index (χ1) is 16.4. The van der Waals surface area contributed by atoms with Gasteiger partial charge in [0.2, 0.25) is 11.8 Å². The molecule has 2 amide bonds. The molecule has 2 aliphatic carbocycles. The zero-order valence-electron chi connectivity index (χ0n) is 17.6. The van der Waals surface area contributed by atoms with Gasteiger partial charge in [-0.3, -0.25) is 19.3 Å². The number of imide groups is 1. The van der Waals surface area contributed by atoms with Crippen molar-refractivity contribution in [3.63, 3.8) is 0 Å². The number of amides is 2. The summed E-state index contributed by atoms with van der Waals surface area (Å²) < 4.78 is 1.00. The molecule has 0 spiro atoms. The molecule has 7 rings (SSSR count). The fourth-order valence-electron chi connectivity index (χ4n) is 6.90. The lowest BCUT2D eigenvalue weighted by atomic mass is 9.68. The summed E-state index contributed by atoms with van der Waals surface area (Å²) >= 11 is 12.6. The average Bonchev–Trinajstić information content (AvgIpc) is 3.54. The van der Waals surface area contributed by atoms with Crippen LogP contribution >= 0.6 is 50.6 Å². The number of hydrogen-bond donors (Lipinski definition) is 1. The van der Waals surface area contributed by atoms with Crippen LogP contribution in [0.3, 0.4) is 0 Å². The Labute approximate surface area is 217 Å². The molecule has 1 aromatic heterocycles. The second-order valence-electron chi connectivity index (χ2n) is 9.50. The first kappa shape index (κ1) is 21.4. The predicted molar refractivity (Wildman–Crippen MR) is 137 cm³/mol. The van der Waals surface area contributed by atoms with Crippen molar-refractivity contribution in [1.29, 1.82) is 0 Å². The van der Waals surface area contributed by atoms with Gasteiger partial charge in [0, 0.05) is 25.5 Å². The van der Waals surface area contributed by atoms with Gasteiger partial charge >= 0.3 is 4.87 Å². The number of anilines is 1. The van der Waals surface area contributed by atoms with Crippen molar-refractivity contribution in [2.75, 3.05) is 4.90 Å². The number of H-pyrrole nitrogens is 1. The first-order valence-electron chi connectivity index (χ1n) is 11.2. The Bertz CT molecular complexity index is 1400. The van der Waals surface area contributed by atoms with Gasteiger partial charge in [0.1, 0.15) is 0 Å². The summed E-state index contributed by atoms with van der Waals surface area (Å²) in [6, 6.07) is 15.2. The van der Waals surface area contributed by atoms with E-state index in [2.05, 4.69) is 33.0 Å². The molecule has 3 fully saturated rings. The number of halogens is 2. The van der Waals surface area contributed by atoms with Crippen LogP contribution < -0.4 is 9.77 Å². The van der Waals surface area contributed by atoms with Gasteiger partial charge in [-0.15, -0.1) is 11.8 Å². The van der Waals surface area contributed by atoms with Crippen molar-refractivity contribution in [3.8, 4) is 0 Å². The van der Waals surface area contributed by atoms with E-state index in [-0.39, 0.29) is 57.4 Å². The molecule has 3 heterocycles. The molecular weight excluding hydrogens is 556 g/mol. The first-order valence-corrected chi connectivity index (χ1v) is 14.1. The number of carbonyl (C=O) groups is 2. The highest BCUT2D eigenvalue weighted by molar-refractivity contribution is 9.10.